The lowest BCUT2D eigenvalue weighted by atomic mass is 10.1. The molecule has 0 atom stereocenters. The zero-order valence-electron chi connectivity index (χ0n) is 17.0. The van der Waals surface area contributed by atoms with Gasteiger partial charge in [-0.1, -0.05) is 24.3 Å². The lowest BCUT2D eigenvalue weighted by molar-refractivity contribution is -0.0926. The fourth-order valence-electron chi connectivity index (χ4n) is 3.51. The maximum absolute atomic E-state index is 12.9. The number of nitrogens with zero attached hydrogens (tertiary/aromatic N) is 3. The van der Waals surface area contributed by atoms with Crippen molar-refractivity contribution in [3.05, 3.63) is 71.2 Å². The van der Waals surface area contributed by atoms with Crippen LogP contribution in [0, 0.1) is 6.92 Å². The van der Waals surface area contributed by atoms with Crippen molar-refractivity contribution in [1.29, 1.82) is 0 Å². The molecule has 0 radical (unpaired) electrons. The van der Waals surface area contributed by atoms with Gasteiger partial charge in [0, 0.05) is 54.4 Å². The molecule has 3 aromatic rings. The number of aromatic nitrogens is 2. The van der Waals surface area contributed by atoms with Gasteiger partial charge in [0.05, 0.1) is 5.52 Å². The van der Waals surface area contributed by atoms with E-state index in [0.29, 0.717) is 12.2 Å². The van der Waals surface area contributed by atoms with E-state index in [1.54, 1.807) is 28.2 Å². The minimum atomic E-state index is -4.30. The van der Waals surface area contributed by atoms with Crippen LogP contribution in [-0.4, -0.2) is 39.0 Å². The van der Waals surface area contributed by atoms with E-state index in [0.717, 1.165) is 27.1 Å². The van der Waals surface area contributed by atoms with Crippen LogP contribution in [-0.2, 0) is 13.6 Å². The highest BCUT2D eigenvalue weighted by atomic mass is 32.2. The number of halogens is 3. The first-order valence-electron chi connectivity index (χ1n) is 9.70. The van der Waals surface area contributed by atoms with E-state index >= 15 is 0 Å². The molecule has 31 heavy (non-hydrogen) atoms. The van der Waals surface area contributed by atoms with Gasteiger partial charge in [-0.2, -0.15) is 13.2 Å². The second-order valence-corrected chi connectivity index (χ2v) is 8.49. The molecule has 0 spiro atoms. The van der Waals surface area contributed by atoms with Gasteiger partial charge in [-0.05, 0) is 42.6 Å². The summed E-state index contributed by atoms with van der Waals surface area (Å²) in [4.78, 5) is 17.9. The van der Waals surface area contributed by atoms with Crippen LogP contribution in [0.25, 0.3) is 10.9 Å². The maximum atomic E-state index is 12.9. The second kappa shape index (κ2) is 8.39. The van der Waals surface area contributed by atoms with Gasteiger partial charge >= 0.3 is 6.18 Å². The number of carbonyl (C=O) groups is 1. The Morgan fingerprint density at radius 2 is 2.06 bits per heavy atom. The van der Waals surface area contributed by atoms with Gasteiger partial charge in [0.2, 0.25) is 0 Å². The Kier molecular flexibility index (Phi) is 5.81. The highest BCUT2D eigenvalue weighted by Gasteiger charge is 2.37. The summed E-state index contributed by atoms with van der Waals surface area (Å²) in [6.45, 7) is 2.24. The van der Waals surface area contributed by atoms with Crippen LogP contribution in [0.15, 0.2) is 59.1 Å². The van der Waals surface area contributed by atoms with Crippen molar-refractivity contribution in [3.63, 3.8) is 0 Å². The van der Waals surface area contributed by atoms with Crippen LogP contribution < -0.4 is 5.32 Å². The molecule has 0 saturated carbocycles. The van der Waals surface area contributed by atoms with Crippen molar-refractivity contribution in [2.75, 3.05) is 13.1 Å². The van der Waals surface area contributed by atoms with Crippen molar-refractivity contribution in [2.24, 2.45) is 7.05 Å². The van der Waals surface area contributed by atoms with Crippen LogP contribution in [0.1, 0.15) is 21.7 Å². The first-order valence-corrected chi connectivity index (χ1v) is 10.5. The average molecular weight is 446 g/mol. The Balaban J connectivity index is 1.45. The van der Waals surface area contributed by atoms with Crippen LogP contribution in [0.3, 0.4) is 0 Å². The molecule has 4 rings (SSSR count). The first-order chi connectivity index (χ1) is 14.7. The molecule has 3 heterocycles. The zero-order valence-corrected chi connectivity index (χ0v) is 17.8. The molecule has 0 fully saturated rings. The number of nitrogens with one attached hydrogen (secondary N) is 1. The Morgan fingerprint density at radius 3 is 2.81 bits per heavy atom. The fourth-order valence-corrected chi connectivity index (χ4v) is 4.58. The van der Waals surface area contributed by atoms with Gasteiger partial charge in [-0.3, -0.25) is 9.78 Å². The molecular formula is C22H21F3N4OS. The predicted molar refractivity (Wildman–Crippen MR) is 115 cm³/mol. The van der Waals surface area contributed by atoms with Crippen LogP contribution in [0.2, 0.25) is 0 Å². The maximum Gasteiger partial charge on any atom is 0.413 e. The Morgan fingerprint density at radius 1 is 1.26 bits per heavy atom. The summed E-state index contributed by atoms with van der Waals surface area (Å²) in [5.74, 6) is -0.242. The number of amides is 1. The number of rotatable bonds is 5. The van der Waals surface area contributed by atoms with Crippen molar-refractivity contribution in [3.8, 4) is 0 Å². The fraction of sp³-hybridized carbons (Fsp3) is 0.273. The number of fused-ring (bicyclic) bond motifs is 1. The highest BCUT2D eigenvalue weighted by Crippen LogP contribution is 2.35. The van der Waals surface area contributed by atoms with Crippen LogP contribution in [0.5, 0.6) is 0 Å². The SMILES string of the molecule is Cc1c(SN2CC=C(C(F)(F)F)C2)cc(C(=O)NCc2cccc3ncccc23)n1C. The third-order valence-corrected chi connectivity index (χ3v) is 6.52. The van der Waals surface area contributed by atoms with E-state index in [1.807, 2.05) is 37.3 Å². The zero-order chi connectivity index (χ0) is 22.2. The number of pyridine rings is 1. The summed E-state index contributed by atoms with van der Waals surface area (Å²) >= 11 is 1.24. The van der Waals surface area contributed by atoms with E-state index in [2.05, 4.69) is 10.3 Å². The van der Waals surface area contributed by atoms with E-state index in [-0.39, 0.29) is 19.0 Å². The third kappa shape index (κ3) is 4.47. The summed E-state index contributed by atoms with van der Waals surface area (Å²) in [6, 6.07) is 11.3. The average Bonchev–Trinajstić information content (AvgIpc) is 3.33. The standard InChI is InChI=1S/C22H21F3N4OS/c1-14-20(31-29-10-8-16(13-29)22(23,24)25)11-19(28(14)2)21(30)27-12-15-5-3-7-18-17(15)6-4-9-26-18/h3-9,11H,10,12-13H2,1-2H3,(H,27,30). The molecule has 0 aliphatic carbocycles. The topological polar surface area (TPSA) is 50.2 Å². The molecule has 0 unspecified atom stereocenters. The van der Waals surface area contributed by atoms with E-state index in [9.17, 15) is 18.0 Å². The summed E-state index contributed by atoms with van der Waals surface area (Å²) in [5, 5.41) is 3.92. The molecule has 1 N–H and O–H groups in total. The Bertz CT molecular complexity index is 1160. The summed E-state index contributed by atoms with van der Waals surface area (Å²) < 4.78 is 42.0. The number of hydrogen-bond acceptors (Lipinski definition) is 4. The van der Waals surface area contributed by atoms with E-state index < -0.39 is 11.7 Å². The highest BCUT2D eigenvalue weighted by molar-refractivity contribution is 7.97. The van der Waals surface area contributed by atoms with Gasteiger partial charge < -0.3 is 9.88 Å². The largest absolute Gasteiger partial charge is 0.413 e. The van der Waals surface area contributed by atoms with Gasteiger partial charge in [-0.25, -0.2) is 4.31 Å². The van der Waals surface area contributed by atoms with Gasteiger partial charge in [0.1, 0.15) is 5.69 Å². The monoisotopic (exact) mass is 446 g/mol. The van der Waals surface area contributed by atoms with Gasteiger partial charge in [0.15, 0.2) is 0 Å². The van der Waals surface area contributed by atoms with E-state index in [1.165, 1.54) is 18.0 Å². The first kappa shape index (κ1) is 21.5. The van der Waals surface area contributed by atoms with E-state index in [4.69, 9.17) is 0 Å². The van der Waals surface area contributed by atoms with Gasteiger partial charge in [-0.15, -0.1) is 0 Å². The van der Waals surface area contributed by atoms with Crippen molar-refractivity contribution in [1.82, 2.24) is 19.2 Å². The molecule has 162 valence electrons. The van der Waals surface area contributed by atoms with Crippen molar-refractivity contribution in [2.45, 2.75) is 24.5 Å². The van der Waals surface area contributed by atoms with Crippen molar-refractivity contribution < 1.29 is 18.0 Å². The van der Waals surface area contributed by atoms with Crippen LogP contribution in [0.4, 0.5) is 13.2 Å². The molecule has 1 aromatic carbocycles. The summed E-state index contributed by atoms with van der Waals surface area (Å²) in [6.07, 6.45) is -1.37. The Hall–Kier alpha value is -2.78. The number of benzene rings is 1. The molecule has 2 aromatic heterocycles. The molecule has 5 nitrogen and oxygen atoms in total. The predicted octanol–water partition coefficient (Wildman–Crippen LogP) is 4.62. The quantitative estimate of drug-likeness (QED) is 0.459. The summed E-state index contributed by atoms with van der Waals surface area (Å²) in [5.41, 5.74) is 2.57. The van der Waals surface area contributed by atoms with Gasteiger partial charge in [0.25, 0.3) is 5.91 Å². The molecule has 9 heteroatoms. The minimum Gasteiger partial charge on any atom is -0.347 e. The third-order valence-electron chi connectivity index (χ3n) is 5.38. The number of alkyl halides is 3. The second-order valence-electron chi connectivity index (χ2n) is 7.35. The smallest absolute Gasteiger partial charge is 0.347 e. The van der Waals surface area contributed by atoms with Crippen molar-refractivity contribution >= 4 is 28.8 Å². The minimum absolute atomic E-state index is 0.168. The normalized spacial score (nSPS) is 14.8. The Labute approximate surface area is 182 Å². The lowest BCUT2D eigenvalue weighted by Crippen LogP contribution is -2.25. The molecular weight excluding hydrogens is 425 g/mol. The summed E-state index contributed by atoms with van der Waals surface area (Å²) in [7, 11) is 1.78. The van der Waals surface area contributed by atoms with Crippen LogP contribution >= 0.6 is 11.9 Å². The lowest BCUT2D eigenvalue weighted by Gasteiger charge is -2.15. The molecule has 1 aliphatic rings. The number of carbonyl (C=O) groups excluding carboxylic acids is 1. The molecule has 1 amide bonds. The molecule has 0 bridgehead atoms. The number of hydrogen-bond donors (Lipinski definition) is 1. The molecule has 0 saturated heterocycles. The molecule has 1 aliphatic heterocycles.